The quantitative estimate of drug-likeness (QED) is 0.0320. The maximum atomic E-state index is 12.4. The van der Waals surface area contributed by atoms with E-state index in [1.54, 1.807) is 0 Å². The number of carbonyl (C=O) groups excluding carboxylic acids is 2. The Kier molecular flexibility index (Phi) is 66.4. The van der Waals surface area contributed by atoms with E-state index in [9.17, 15) is 19.8 Å². The first-order chi connectivity index (χ1) is 39.0. The van der Waals surface area contributed by atoms with Gasteiger partial charge in [-0.15, -0.1) is 0 Å². The van der Waals surface area contributed by atoms with Gasteiger partial charge in [-0.25, -0.2) is 0 Å². The van der Waals surface area contributed by atoms with Gasteiger partial charge in [0.15, 0.2) is 0 Å². The lowest BCUT2D eigenvalue weighted by molar-refractivity contribution is -0.143. The summed E-state index contributed by atoms with van der Waals surface area (Å²) < 4.78 is 5.48. The molecule has 0 aromatic rings. The van der Waals surface area contributed by atoms with Gasteiger partial charge in [0.25, 0.3) is 0 Å². The van der Waals surface area contributed by atoms with Crippen LogP contribution in [0.15, 0.2) is 48.6 Å². The summed E-state index contributed by atoms with van der Waals surface area (Å²) in [5.74, 6) is -0.0276. The SMILES string of the molecule is CCC/C=C\C/C=C\CCCCCCCC(=O)OCCCCCCCCCCCCCCCCC/C=C\C/C=C\CCCCCCCCCCCCCCCCCCCC(=O)NC(CO)C(O)CCCCCCCCCCCC. The largest absolute Gasteiger partial charge is 0.466 e. The van der Waals surface area contributed by atoms with Crippen molar-refractivity contribution in [3.63, 3.8) is 0 Å². The molecule has 0 bridgehead atoms. The lowest BCUT2D eigenvalue weighted by Gasteiger charge is -2.22. The average Bonchev–Trinajstić information content (AvgIpc) is 3.45. The van der Waals surface area contributed by atoms with Gasteiger partial charge in [0, 0.05) is 12.8 Å². The number of amides is 1. The number of unbranched alkanes of at least 4 members (excludes halogenated alkanes) is 47. The topological polar surface area (TPSA) is 95.9 Å². The average molecular weight is 1110 g/mol. The standard InChI is InChI=1S/C73H137NO5/c1-3-5-7-9-11-13-15-43-47-51-55-59-63-67-73(78)79-68-64-60-56-52-48-45-42-40-38-36-34-32-30-28-26-24-22-20-18-16-17-19-21-23-25-27-29-31-33-35-37-39-41-44-46-50-54-58-62-66-72(77)74-70(69-75)71(76)65-61-57-53-49-14-12-10-8-6-4-2/h7,9,13,15-17,20,22,70-71,75-76H,3-6,8,10-12,14,18-19,21,23-69H2,1-2H3,(H,74,77)/b9-7-,15-13-,17-16-,22-20-. The summed E-state index contributed by atoms with van der Waals surface area (Å²) in [6.07, 6.45) is 89.0. The second-order valence-electron chi connectivity index (χ2n) is 24.2. The molecule has 0 aromatic heterocycles. The number of allylic oxidation sites excluding steroid dienone is 8. The van der Waals surface area contributed by atoms with Crippen LogP contribution in [0.2, 0.25) is 0 Å². The second-order valence-corrected chi connectivity index (χ2v) is 24.2. The van der Waals surface area contributed by atoms with Crippen molar-refractivity contribution < 1.29 is 24.5 Å². The summed E-state index contributed by atoms with van der Waals surface area (Å²) in [7, 11) is 0. The Morgan fingerprint density at radius 3 is 1.01 bits per heavy atom. The molecule has 0 spiro atoms. The van der Waals surface area contributed by atoms with Crippen LogP contribution >= 0.6 is 0 Å². The molecule has 0 aliphatic carbocycles. The fraction of sp³-hybridized carbons (Fsp3) is 0.863. The molecule has 0 rings (SSSR count). The molecule has 6 nitrogen and oxygen atoms in total. The first-order valence-corrected chi connectivity index (χ1v) is 35.4. The maximum Gasteiger partial charge on any atom is 0.305 e. The molecule has 79 heavy (non-hydrogen) atoms. The van der Waals surface area contributed by atoms with Crippen LogP contribution in [0.1, 0.15) is 380 Å². The van der Waals surface area contributed by atoms with Gasteiger partial charge in [0.05, 0.1) is 25.4 Å². The third-order valence-corrected chi connectivity index (χ3v) is 16.3. The van der Waals surface area contributed by atoms with Crippen molar-refractivity contribution in [1.82, 2.24) is 5.32 Å². The minimum absolute atomic E-state index is 0.00477. The van der Waals surface area contributed by atoms with E-state index >= 15 is 0 Å². The van der Waals surface area contributed by atoms with Crippen LogP contribution < -0.4 is 5.32 Å². The van der Waals surface area contributed by atoms with Crippen molar-refractivity contribution in [3.05, 3.63) is 48.6 Å². The zero-order valence-corrected chi connectivity index (χ0v) is 53.1. The Balaban J connectivity index is 3.33. The van der Waals surface area contributed by atoms with Gasteiger partial charge in [-0.1, -0.05) is 332 Å². The number of hydrogen-bond acceptors (Lipinski definition) is 5. The van der Waals surface area contributed by atoms with Gasteiger partial charge in [-0.05, 0) is 83.5 Å². The molecule has 0 aromatic carbocycles. The van der Waals surface area contributed by atoms with Crippen LogP contribution in [0.5, 0.6) is 0 Å². The molecule has 2 unspecified atom stereocenters. The van der Waals surface area contributed by atoms with Crippen LogP contribution in [0.4, 0.5) is 0 Å². The molecule has 6 heteroatoms. The van der Waals surface area contributed by atoms with Crippen LogP contribution in [-0.4, -0.2) is 47.4 Å². The van der Waals surface area contributed by atoms with Crippen molar-refractivity contribution in [1.29, 1.82) is 0 Å². The number of aliphatic hydroxyl groups is 2. The first kappa shape index (κ1) is 76.8. The van der Waals surface area contributed by atoms with Crippen LogP contribution in [0.3, 0.4) is 0 Å². The zero-order chi connectivity index (χ0) is 57.1. The summed E-state index contributed by atoms with van der Waals surface area (Å²) >= 11 is 0. The number of nitrogens with one attached hydrogen (secondary N) is 1. The smallest absolute Gasteiger partial charge is 0.305 e. The number of hydrogen-bond donors (Lipinski definition) is 3. The molecule has 0 aliphatic rings. The number of rotatable bonds is 66. The highest BCUT2D eigenvalue weighted by Crippen LogP contribution is 2.18. The molecule has 2 atom stereocenters. The van der Waals surface area contributed by atoms with Crippen molar-refractivity contribution in [2.24, 2.45) is 0 Å². The molecule has 0 heterocycles. The number of esters is 1. The minimum Gasteiger partial charge on any atom is -0.466 e. The highest BCUT2D eigenvalue weighted by molar-refractivity contribution is 5.76. The van der Waals surface area contributed by atoms with E-state index in [0.29, 0.717) is 25.9 Å². The maximum absolute atomic E-state index is 12.4. The number of aliphatic hydroxyl groups excluding tert-OH is 2. The van der Waals surface area contributed by atoms with E-state index in [0.717, 1.165) is 57.8 Å². The van der Waals surface area contributed by atoms with Gasteiger partial charge in [0.2, 0.25) is 5.91 Å². The normalized spacial score (nSPS) is 12.8. The summed E-state index contributed by atoms with van der Waals surface area (Å²) in [6, 6.07) is -0.537. The van der Waals surface area contributed by atoms with Crippen LogP contribution in [-0.2, 0) is 14.3 Å². The van der Waals surface area contributed by atoms with E-state index in [-0.39, 0.29) is 18.5 Å². The highest BCUT2D eigenvalue weighted by atomic mass is 16.5. The molecule has 0 fully saturated rings. The lowest BCUT2D eigenvalue weighted by Crippen LogP contribution is -2.45. The monoisotopic (exact) mass is 1110 g/mol. The van der Waals surface area contributed by atoms with Crippen molar-refractivity contribution in [2.45, 2.75) is 392 Å². The Hall–Kier alpha value is -2.18. The Bertz CT molecular complexity index is 1320. The van der Waals surface area contributed by atoms with Crippen LogP contribution in [0, 0.1) is 0 Å². The summed E-state index contributed by atoms with van der Waals surface area (Å²) in [5, 5.41) is 23.2. The third-order valence-electron chi connectivity index (χ3n) is 16.3. The second kappa shape index (κ2) is 68.3. The fourth-order valence-electron chi connectivity index (χ4n) is 10.9. The summed E-state index contributed by atoms with van der Waals surface area (Å²) in [6.45, 7) is 4.89. The van der Waals surface area contributed by atoms with E-state index in [2.05, 4.69) is 67.8 Å². The predicted octanol–water partition coefficient (Wildman–Crippen LogP) is 22.9. The van der Waals surface area contributed by atoms with Gasteiger partial charge in [0.1, 0.15) is 0 Å². The molecule has 0 radical (unpaired) electrons. The number of ether oxygens (including phenoxy) is 1. The lowest BCUT2D eigenvalue weighted by atomic mass is 10.0. The molecular weight excluding hydrogens is 971 g/mol. The molecule has 0 saturated carbocycles. The summed E-state index contributed by atoms with van der Waals surface area (Å²) in [5.41, 5.74) is 0. The minimum atomic E-state index is -0.660. The molecule has 0 aliphatic heterocycles. The van der Waals surface area contributed by atoms with Gasteiger partial charge in [-0.3, -0.25) is 9.59 Å². The van der Waals surface area contributed by atoms with Crippen LogP contribution in [0.25, 0.3) is 0 Å². The third kappa shape index (κ3) is 64.8. The number of carbonyl (C=O) groups is 2. The predicted molar refractivity (Wildman–Crippen MR) is 347 cm³/mol. The Morgan fingerprint density at radius 1 is 0.354 bits per heavy atom. The molecule has 464 valence electrons. The van der Waals surface area contributed by atoms with Crippen molar-refractivity contribution >= 4 is 11.9 Å². The fourth-order valence-corrected chi connectivity index (χ4v) is 10.9. The van der Waals surface area contributed by atoms with E-state index in [1.807, 2.05) is 0 Å². The highest BCUT2D eigenvalue weighted by Gasteiger charge is 2.20. The summed E-state index contributed by atoms with van der Waals surface area (Å²) in [4.78, 5) is 24.5. The van der Waals surface area contributed by atoms with E-state index in [1.165, 1.54) is 289 Å². The van der Waals surface area contributed by atoms with Crippen molar-refractivity contribution in [2.75, 3.05) is 13.2 Å². The van der Waals surface area contributed by atoms with E-state index in [4.69, 9.17) is 4.74 Å². The van der Waals surface area contributed by atoms with E-state index < -0.39 is 12.1 Å². The Morgan fingerprint density at radius 2 is 0.658 bits per heavy atom. The van der Waals surface area contributed by atoms with Gasteiger partial charge in [-0.2, -0.15) is 0 Å². The molecule has 0 saturated heterocycles. The van der Waals surface area contributed by atoms with Gasteiger partial charge < -0.3 is 20.3 Å². The molecular formula is C73H137NO5. The zero-order valence-electron chi connectivity index (χ0n) is 53.1. The van der Waals surface area contributed by atoms with Gasteiger partial charge >= 0.3 is 5.97 Å². The molecule has 1 amide bonds. The van der Waals surface area contributed by atoms with Crippen molar-refractivity contribution in [3.8, 4) is 0 Å². The Labute approximate surface area is 493 Å². The first-order valence-electron chi connectivity index (χ1n) is 35.4. The molecule has 3 N–H and O–H groups in total.